The Labute approximate surface area is 70.8 Å². The Kier molecular flexibility index (Phi) is 2.44. The second-order valence-corrected chi connectivity index (χ2v) is 2.80. The van der Waals surface area contributed by atoms with Crippen molar-refractivity contribution in [1.82, 2.24) is 0 Å². The quantitative estimate of drug-likeness (QED) is 0.775. The second kappa shape index (κ2) is 3.17. The van der Waals surface area contributed by atoms with Crippen molar-refractivity contribution in [3.8, 4) is 5.75 Å². The number of phenolic OH excluding ortho intramolecular Hbond substituents is 1. The van der Waals surface area contributed by atoms with Crippen LogP contribution in [0.5, 0.6) is 5.75 Å². The fraction of sp³-hybridized carbons (Fsp3) is 0.143. The van der Waals surface area contributed by atoms with E-state index in [1.54, 1.807) is 0 Å². The second-order valence-electron chi connectivity index (χ2n) is 2.01. The summed E-state index contributed by atoms with van der Waals surface area (Å²) in [6, 6.07) is 2.44. The zero-order valence-electron chi connectivity index (χ0n) is 5.44. The van der Waals surface area contributed by atoms with Crippen molar-refractivity contribution in [2.45, 2.75) is 6.67 Å². The van der Waals surface area contributed by atoms with Gasteiger partial charge in [0.05, 0.1) is 4.47 Å². The maximum atomic E-state index is 12.7. The zero-order chi connectivity index (χ0) is 8.43. The lowest BCUT2D eigenvalue weighted by Crippen LogP contribution is -1.86. The molecular weight excluding hydrogens is 218 g/mol. The summed E-state index contributed by atoms with van der Waals surface area (Å²) in [5, 5.41) is 8.79. The van der Waals surface area contributed by atoms with Gasteiger partial charge in [-0.3, -0.25) is 0 Å². The van der Waals surface area contributed by atoms with Gasteiger partial charge in [0.2, 0.25) is 0 Å². The largest absolute Gasteiger partial charge is 0.505 e. The molecule has 0 spiro atoms. The summed E-state index contributed by atoms with van der Waals surface area (Å²) in [4.78, 5) is 0. The van der Waals surface area contributed by atoms with Gasteiger partial charge in [-0.1, -0.05) is 6.07 Å². The molecule has 0 aliphatic carbocycles. The van der Waals surface area contributed by atoms with Crippen LogP contribution in [0.15, 0.2) is 16.6 Å². The molecule has 1 N–H and O–H groups in total. The summed E-state index contributed by atoms with van der Waals surface area (Å²) in [6.07, 6.45) is 0. The van der Waals surface area contributed by atoms with Gasteiger partial charge >= 0.3 is 0 Å². The van der Waals surface area contributed by atoms with E-state index in [1.807, 2.05) is 0 Å². The lowest BCUT2D eigenvalue weighted by Gasteiger charge is -2.01. The Morgan fingerprint density at radius 1 is 1.45 bits per heavy atom. The lowest BCUT2D eigenvalue weighted by atomic mass is 10.2. The van der Waals surface area contributed by atoms with Crippen LogP contribution in [0.4, 0.5) is 8.78 Å². The van der Waals surface area contributed by atoms with E-state index in [0.717, 1.165) is 6.07 Å². The molecular formula is C7H5BrF2O. The molecule has 1 aromatic rings. The van der Waals surface area contributed by atoms with Crippen LogP contribution in [0.2, 0.25) is 0 Å². The molecule has 0 atom stereocenters. The van der Waals surface area contributed by atoms with Gasteiger partial charge in [-0.2, -0.15) is 0 Å². The lowest BCUT2D eigenvalue weighted by molar-refractivity contribution is 0.425. The standard InChI is InChI=1S/C7H5BrF2O/c8-6-4(3-9)1-2-5(11)7(6)10/h1-2,11H,3H2. The maximum absolute atomic E-state index is 12.7. The van der Waals surface area contributed by atoms with Gasteiger partial charge in [0.25, 0.3) is 0 Å². The summed E-state index contributed by atoms with van der Waals surface area (Å²) < 4.78 is 24.7. The fourth-order valence-electron chi connectivity index (χ4n) is 0.682. The van der Waals surface area contributed by atoms with E-state index >= 15 is 0 Å². The highest BCUT2D eigenvalue weighted by atomic mass is 79.9. The van der Waals surface area contributed by atoms with Gasteiger partial charge in [0.15, 0.2) is 11.6 Å². The molecule has 0 aliphatic rings. The van der Waals surface area contributed by atoms with Crippen molar-refractivity contribution in [3.63, 3.8) is 0 Å². The van der Waals surface area contributed by atoms with Crippen molar-refractivity contribution in [1.29, 1.82) is 0 Å². The number of halogens is 3. The Hall–Kier alpha value is -0.640. The van der Waals surface area contributed by atoms with Crippen LogP contribution in [-0.4, -0.2) is 5.11 Å². The zero-order valence-corrected chi connectivity index (χ0v) is 7.03. The van der Waals surface area contributed by atoms with Crippen molar-refractivity contribution in [3.05, 3.63) is 28.0 Å². The average Bonchev–Trinajstić information content (AvgIpc) is 2.01. The first-order valence-corrected chi connectivity index (χ1v) is 3.68. The van der Waals surface area contributed by atoms with E-state index in [1.165, 1.54) is 6.07 Å². The Morgan fingerprint density at radius 2 is 2.09 bits per heavy atom. The van der Waals surface area contributed by atoms with E-state index < -0.39 is 18.2 Å². The SMILES string of the molecule is Oc1ccc(CF)c(Br)c1F. The van der Waals surface area contributed by atoms with E-state index in [-0.39, 0.29) is 10.0 Å². The van der Waals surface area contributed by atoms with Gasteiger partial charge in [0, 0.05) is 5.56 Å². The van der Waals surface area contributed by atoms with Crippen LogP contribution in [0, 0.1) is 5.82 Å². The van der Waals surface area contributed by atoms with Crippen LogP contribution >= 0.6 is 15.9 Å². The number of aromatic hydroxyl groups is 1. The van der Waals surface area contributed by atoms with Crippen LogP contribution in [-0.2, 0) is 6.67 Å². The van der Waals surface area contributed by atoms with E-state index in [0.29, 0.717) is 0 Å². The van der Waals surface area contributed by atoms with E-state index in [2.05, 4.69) is 15.9 Å². The third-order valence-electron chi connectivity index (χ3n) is 1.29. The average molecular weight is 223 g/mol. The number of alkyl halides is 1. The van der Waals surface area contributed by atoms with Gasteiger partial charge in [-0.05, 0) is 22.0 Å². The number of rotatable bonds is 1. The van der Waals surface area contributed by atoms with Crippen molar-refractivity contribution in [2.24, 2.45) is 0 Å². The summed E-state index contributed by atoms with van der Waals surface area (Å²) in [6.45, 7) is -0.752. The first-order valence-electron chi connectivity index (χ1n) is 2.88. The third kappa shape index (κ3) is 1.50. The van der Waals surface area contributed by atoms with Crippen LogP contribution in [0.1, 0.15) is 5.56 Å². The first-order chi connectivity index (χ1) is 5.16. The Bertz CT molecular complexity index is 275. The van der Waals surface area contributed by atoms with Gasteiger partial charge in [-0.25, -0.2) is 8.78 Å². The Balaban J connectivity index is 3.25. The highest BCUT2D eigenvalue weighted by Gasteiger charge is 2.09. The van der Waals surface area contributed by atoms with E-state index in [9.17, 15) is 8.78 Å². The van der Waals surface area contributed by atoms with Crippen LogP contribution in [0.3, 0.4) is 0 Å². The number of hydrogen-bond acceptors (Lipinski definition) is 1. The molecule has 0 saturated carbocycles. The topological polar surface area (TPSA) is 20.2 Å². The van der Waals surface area contributed by atoms with Crippen molar-refractivity contribution in [2.75, 3.05) is 0 Å². The monoisotopic (exact) mass is 222 g/mol. The predicted molar refractivity (Wildman–Crippen MR) is 40.6 cm³/mol. The molecule has 4 heteroatoms. The molecule has 0 bridgehead atoms. The number of phenols is 1. The minimum absolute atomic E-state index is 0.0139. The number of hydrogen-bond donors (Lipinski definition) is 1. The molecule has 11 heavy (non-hydrogen) atoms. The molecule has 0 aromatic heterocycles. The molecule has 0 aliphatic heterocycles. The molecule has 0 saturated heterocycles. The summed E-state index contributed by atoms with van der Waals surface area (Å²) in [7, 11) is 0. The molecule has 0 unspecified atom stereocenters. The van der Waals surface area contributed by atoms with Gasteiger partial charge in [-0.15, -0.1) is 0 Å². The summed E-state index contributed by atoms with van der Waals surface area (Å²) >= 11 is 2.82. The minimum Gasteiger partial charge on any atom is -0.505 e. The van der Waals surface area contributed by atoms with Gasteiger partial charge < -0.3 is 5.11 Å². The summed E-state index contributed by atoms with van der Waals surface area (Å²) in [5.41, 5.74) is 0.195. The molecule has 1 rings (SSSR count). The molecule has 0 radical (unpaired) electrons. The maximum Gasteiger partial charge on any atom is 0.179 e. The first kappa shape index (κ1) is 8.46. The smallest absolute Gasteiger partial charge is 0.179 e. The van der Waals surface area contributed by atoms with Crippen LogP contribution in [0.25, 0.3) is 0 Å². The minimum atomic E-state index is -0.819. The summed E-state index contributed by atoms with van der Waals surface area (Å²) in [5.74, 6) is -1.30. The van der Waals surface area contributed by atoms with Gasteiger partial charge in [0.1, 0.15) is 6.67 Å². The molecule has 1 aromatic carbocycles. The Morgan fingerprint density at radius 3 is 2.64 bits per heavy atom. The molecule has 60 valence electrons. The molecule has 0 amide bonds. The number of benzene rings is 1. The predicted octanol–water partition coefficient (Wildman–Crippen LogP) is 2.76. The van der Waals surface area contributed by atoms with Crippen molar-refractivity contribution >= 4 is 15.9 Å². The highest BCUT2D eigenvalue weighted by molar-refractivity contribution is 9.10. The van der Waals surface area contributed by atoms with Crippen LogP contribution < -0.4 is 0 Å². The highest BCUT2D eigenvalue weighted by Crippen LogP contribution is 2.27. The third-order valence-corrected chi connectivity index (χ3v) is 2.14. The molecule has 1 nitrogen and oxygen atoms in total. The molecule has 0 heterocycles. The van der Waals surface area contributed by atoms with Crippen molar-refractivity contribution < 1.29 is 13.9 Å². The fourth-order valence-corrected chi connectivity index (χ4v) is 1.12. The molecule has 0 fully saturated rings. The normalized spacial score (nSPS) is 10.1. The van der Waals surface area contributed by atoms with E-state index in [4.69, 9.17) is 5.11 Å².